The molecular weight excluding hydrogens is 434 g/mol. The van der Waals surface area contributed by atoms with E-state index >= 15 is 0 Å². The quantitative estimate of drug-likeness (QED) is 0.263. The van der Waals surface area contributed by atoms with Crippen molar-refractivity contribution in [3.63, 3.8) is 0 Å². The molecule has 178 valence electrons. The molecule has 1 aliphatic carbocycles. The Morgan fingerprint density at radius 1 is 1.09 bits per heavy atom. The number of ether oxygens (including phenoxy) is 4. The zero-order chi connectivity index (χ0) is 24.6. The second-order valence-electron chi connectivity index (χ2n) is 8.48. The van der Waals surface area contributed by atoms with Crippen molar-refractivity contribution in [1.29, 1.82) is 5.26 Å². The highest BCUT2D eigenvalue weighted by molar-refractivity contribution is 5.83. The molecule has 0 bridgehead atoms. The Morgan fingerprint density at radius 3 is 2.53 bits per heavy atom. The van der Waals surface area contributed by atoms with Gasteiger partial charge in [0.25, 0.3) is 0 Å². The largest absolute Gasteiger partial charge is 0.460 e. The summed E-state index contributed by atoms with van der Waals surface area (Å²) < 4.78 is 21.6. The number of carbonyl (C=O) groups excluding carboxylic acids is 2. The zero-order valence-corrected chi connectivity index (χ0v) is 19.6. The number of para-hydroxylation sites is 1. The van der Waals surface area contributed by atoms with E-state index in [1.807, 2.05) is 57.2 Å². The molecule has 0 amide bonds. The molecule has 3 rings (SSSR count). The normalized spacial score (nSPS) is 19.1. The molecule has 0 N–H and O–H groups in total. The number of esters is 2. The number of hydrogen-bond acceptors (Lipinski definition) is 7. The van der Waals surface area contributed by atoms with Crippen LogP contribution in [0.15, 0.2) is 66.7 Å². The second-order valence-corrected chi connectivity index (χ2v) is 8.48. The maximum absolute atomic E-state index is 12.9. The summed E-state index contributed by atoms with van der Waals surface area (Å²) in [5.41, 5.74) is 0.130. The van der Waals surface area contributed by atoms with Gasteiger partial charge in [-0.1, -0.05) is 50.3 Å². The lowest BCUT2D eigenvalue weighted by Gasteiger charge is -2.13. The third-order valence-corrected chi connectivity index (χ3v) is 5.77. The second kappa shape index (κ2) is 11.5. The van der Waals surface area contributed by atoms with Crippen molar-refractivity contribution in [3.8, 4) is 17.6 Å². The van der Waals surface area contributed by atoms with Gasteiger partial charge < -0.3 is 18.9 Å². The Balaban J connectivity index is 1.59. The highest BCUT2D eigenvalue weighted by atomic mass is 16.6. The van der Waals surface area contributed by atoms with Crippen LogP contribution in [0.2, 0.25) is 0 Å². The van der Waals surface area contributed by atoms with Crippen LogP contribution in [0.5, 0.6) is 11.5 Å². The van der Waals surface area contributed by atoms with Crippen LogP contribution in [0.1, 0.15) is 32.4 Å². The lowest BCUT2D eigenvalue weighted by Crippen LogP contribution is -2.14. The Kier molecular flexibility index (Phi) is 8.44. The number of hydrogen-bond donors (Lipinski definition) is 0. The van der Waals surface area contributed by atoms with Crippen LogP contribution >= 0.6 is 0 Å². The van der Waals surface area contributed by atoms with Gasteiger partial charge in [0.05, 0.1) is 12.5 Å². The monoisotopic (exact) mass is 463 g/mol. The third kappa shape index (κ3) is 6.46. The number of nitrogens with zero attached hydrogens (tertiary/aromatic N) is 1. The molecule has 1 fully saturated rings. The molecule has 0 heterocycles. The van der Waals surface area contributed by atoms with E-state index in [1.165, 1.54) is 6.08 Å². The van der Waals surface area contributed by atoms with Gasteiger partial charge in [-0.05, 0) is 42.5 Å². The number of nitriles is 1. The van der Waals surface area contributed by atoms with Gasteiger partial charge in [-0.15, -0.1) is 0 Å². The van der Waals surface area contributed by atoms with E-state index < -0.39 is 29.4 Å². The van der Waals surface area contributed by atoms with Crippen molar-refractivity contribution in [3.05, 3.63) is 72.3 Å². The summed E-state index contributed by atoms with van der Waals surface area (Å²) in [5, 5.41) is 9.65. The average molecular weight is 464 g/mol. The maximum atomic E-state index is 12.9. The fraction of sp³-hybridized carbons (Fsp3) is 0.370. The van der Waals surface area contributed by atoms with Crippen molar-refractivity contribution in [2.24, 2.45) is 17.3 Å². The van der Waals surface area contributed by atoms with Crippen LogP contribution in [0, 0.1) is 28.6 Å². The van der Waals surface area contributed by atoms with Gasteiger partial charge in [0.15, 0.2) is 0 Å². The molecule has 0 aliphatic heterocycles. The summed E-state index contributed by atoms with van der Waals surface area (Å²) in [5.74, 6) is -0.414. The molecule has 3 atom stereocenters. The standard InChI is InChI=1S/C27H29NO6/c1-4-31-15-16-32-24(29)14-13-22-25(27(22,2)3)26(30)34-23(18-28)19-9-8-12-21(17-19)33-20-10-6-5-7-11-20/h5-14,17,22-23,25H,4,15-16H2,1-3H3/b14-13-/t22-,23+,25-/m0/s1. The molecule has 2 aromatic rings. The first-order chi connectivity index (χ1) is 16.4. The summed E-state index contributed by atoms with van der Waals surface area (Å²) in [6, 6.07) is 18.2. The van der Waals surface area contributed by atoms with Gasteiger partial charge in [-0.2, -0.15) is 5.26 Å². The lowest BCUT2D eigenvalue weighted by atomic mass is 10.1. The number of carbonyl (C=O) groups is 2. The number of allylic oxidation sites excluding steroid dienone is 1. The van der Waals surface area contributed by atoms with Crippen molar-refractivity contribution < 1.29 is 28.5 Å². The average Bonchev–Trinajstić information content (AvgIpc) is 3.39. The van der Waals surface area contributed by atoms with E-state index in [1.54, 1.807) is 30.3 Å². The van der Waals surface area contributed by atoms with E-state index in [9.17, 15) is 14.9 Å². The van der Waals surface area contributed by atoms with Gasteiger partial charge in [0.1, 0.15) is 24.2 Å². The Labute approximate surface area is 199 Å². The Hall–Kier alpha value is -3.63. The van der Waals surface area contributed by atoms with Crippen molar-refractivity contribution >= 4 is 11.9 Å². The molecule has 34 heavy (non-hydrogen) atoms. The van der Waals surface area contributed by atoms with Crippen molar-refractivity contribution in [2.45, 2.75) is 26.9 Å². The SMILES string of the molecule is CCOCCOC(=O)/C=C\[C@H]1[C@@H](C(=O)O[C@H](C#N)c2cccc(Oc3ccccc3)c2)C1(C)C. The van der Waals surface area contributed by atoms with E-state index in [4.69, 9.17) is 18.9 Å². The molecule has 0 spiro atoms. The molecule has 1 aliphatic rings. The third-order valence-electron chi connectivity index (χ3n) is 5.77. The summed E-state index contributed by atoms with van der Waals surface area (Å²) in [4.78, 5) is 24.7. The van der Waals surface area contributed by atoms with Gasteiger partial charge in [0, 0.05) is 18.2 Å². The molecule has 0 aromatic heterocycles. The molecule has 0 unspecified atom stereocenters. The minimum absolute atomic E-state index is 0.174. The van der Waals surface area contributed by atoms with E-state index in [2.05, 4.69) is 0 Å². The minimum atomic E-state index is -1.07. The summed E-state index contributed by atoms with van der Waals surface area (Å²) in [7, 11) is 0. The summed E-state index contributed by atoms with van der Waals surface area (Å²) in [6.07, 6.45) is 1.93. The molecule has 7 heteroatoms. The zero-order valence-electron chi connectivity index (χ0n) is 19.6. The van der Waals surface area contributed by atoms with E-state index in [0.717, 1.165) is 0 Å². The number of benzene rings is 2. The molecule has 7 nitrogen and oxygen atoms in total. The maximum Gasteiger partial charge on any atom is 0.330 e. The van der Waals surface area contributed by atoms with E-state index in [0.29, 0.717) is 30.3 Å². The molecular formula is C27H29NO6. The summed E-state index contributed by atoms with van der Waals surface area (Å²) >= 11 is 0. The van der Waals surface area contributed by atoms with Gasteiger partial charge in [-0.25, -0.2) is 4.79 Å². The van der Waals surface area contributed by atoms with Gasteiger partial charge in [0.2, 0.25) is 6.10 Å². The minimum Gasteiger partial charge on any atom is -0.460 e. The van der Waals surface area contributed by atoms with E-state index in [-0.39, 0.29) is 12.5 Å². The lowest BCUT2D eigenvalue weighted by molar-refractivity contribution is -0.149. The van der Waals surface area contributed by atoms with Crippen molar-refractivity contribution in [1.82, 2.24) is 0 Å². The van der Waals surface area contributed by atoms with Crippen LogP contribution < -0.4 is 4.74 Å². The molecule has 0 saturated heterocycles. The van der Waals surface area contributed by atoms with Crippen LogP contribution in [-0.2, 0) is 23.8 Å². The smallest absolute Gasteiger partial charge is 0.330 e. The van der Waals surface area contributed by atoms with Crippen LogP contribution in [0.25, 0.3) is 0 Å². The van der Waals surface area contributed by atoms with Gasteiger partial charge >= 0.3 is 11.9 Å². The van der Waals surface area contributed by atoms with Crippen molar-refractivity contribution in [2.75, 3.05) is 19.8 Å². The fourth-order valence-electron chi connectivity index (χ4n) is 3.79. The van der Waals surface area contributed by atoms with Gasteiger partial charge in [-0.3, -0.25) is 4.79 Å². The van der Waals surface area contributed by atoms with Crippen LogP contribution in [0.3, 0.4) is 0 Å². The molecule has 2 aromatic carbocycles. The first-order valence-corrected chi connectivity index (χ1v) is 11.2. The molecule has 1 saturated carbocycles. The Bertz CT molecular complexity index is 1060. The predicted octanol–water partition coefficient (Wildman–Crippen LogP) is 4.99. The summed E-state index contributed by atoms with van der Waals surface area (Å²) in [6.45, 7) is 6.78. The fourth-order valence-corrected chi connectivity index (χ4v) is 3.79. The van der Waals surface area contributed by atoms with Crippen LogP contribution in [-0.4, -0.2) is 31.8 Å². The predicted molar refractivity (Wildman–Crippen MR) is 125 cm³/mol. The highest BCUT2D eigenvalue weighted by Crippen LogP contribution is 2.59. The first-order valence-electron chi connectivity index (χ1n) is 11.2. The number of rotatable bonds is 11. The van der Waals surface area contributed by atoms with Crippen LogP contribution in [0.4, 0.5) is 0 Å². The highest BCUT2D eigenvalue weighted by Gasteiger charge is 2.61. The first kappa shape index (κ1) is 25.0. The molecule has 0 radical (unpaired) electrons. The topological polar surface area (TPSA) is 94.9 Å². The Morgan fingerprint density at radius 2 is 1.82 bits per heavy atom.